The van der Waals surface area contributed by atoms with E-state index in [-0.39, 0.29) is 12.5 Å². The lowest BCUT2D eigenvalue weighted by atomic mass is 10.0. The molecule has 0 radical (unpaired) electrons. The third kappa shape index (κ3) is 4.81. The van der Waals surface area contributed by atoms with E-state index in [1.165, 1.54) is 0 Å². The fourth-order valence-corrected chi connectivity index (χ4v) is 1.58. The average molecular weight is 228 g/mol. The Morgan fingerprint density at radius 1 is 1.53 bits per heavy atom. The first-order valence-electron chi connectivity index (χ1n) is 4.80. The minimum atomic E-state index is -0.853. The van der Waals surface area contributed by atoms with Crippen molar-refractivity contribution in [2.24, 2.45) is 5.73 Å². The predicted octanol–water partition coefficient (Wildman–Crippen LogP) is 2.07. The summed E-state index contributed by atoms with van der Waals surface area (Å²) in [5.41, 5.74) is 6.73. The zero-order valence-electron chi connectivity index (χ0n) is 8.32. The van der Waals surface area contributed by atoms with Gasteiger partial charge < -0.3 is 10.8 Å². The van der Waals surface area contributed by atoms with Crippen molar-refractivity contribution in [2.75, 3.05) is 0 Å². The first kappa shape index (κ1) is 12.0. The van der Waals surface area contributed by atoms with Crippen LogP contribution in [-0.2, 0) is 11.2 Å². The Morgan fingerprint density at radius 3 is 2.87 bits per heavy atom. The van der Waals surface area contributed by atoms with Crippen molar-refractivity contribution < 1.29 is 9.90 Å². The third-order valence-electron chi connectivity index (χ3n) is 2.13. The maximum Gasteiger partial charge on any atom is 0.304 e. The second-order valence-corrected chi connectivity index (χ2v) is 3.96. The van der Waals surface area contributed by atoms with Crippen molar-refractivity contribution in [1.29, 1.82) is 0 Å². The molecule has 0 aliphatic carbocycles. The summed E-state index contributed by atoms with van der Waals surface area (Å²) in [5.74, 6) is -0.853. The van der Waals surface area contributed by atoms with Gasteiger partial charge in [-0.3, -0.25) is 4.79 Å². The van der Waals surface area contributed by atoms with Crippen LogP contribution in [0.3, 0.4) is 0 Å². The zero-order chi connectivity index (χ0) is 11.3. The fourth-order valence-electron chi connectivity index (χ4n) is 1.37. The summed E-state index contributed by atoms with van der Waals surface area (Å²) >= 11 is 5.82. The van der Waals surface area contributed by atoms with Crippen molar-refractivity contribution in [3.8, 4) is 0 Å². The molecular weight excluding hydrogens is 214 g/mol. The van der Waals surface area contributed by atoms with E-state index in [9.17, 15) is 4.79 Å². The predicted molar refractivity (Wildman–Crippen MR) is 60.0 cm³/mol. The highest BCUT2D eigenvalue weighted by molar-refractivity contribution is 6.30. The fraction of sp³-hybridized carbons (Fsp3) is 0.364. The highest BCUT2D eigenvalue weighted by Gasteiger charge is 2.07. The minimum absolute atomic E-state index is 0.0145. The maximum atomic E-state index is 10.4. The molecule has 1 aromatic rings. The van der Waals surface area contributed by atoms with Crippen molar-refractivity contribution in [3.63, 3.8) is 0 Å². The number of hydrogen-bond acceptors (Lipinski definition) is 2. The van der Waals surface area contributed by atoms with Gasteiger partial charge in [-0.05, 0) is 30.5 Å². The molecule has 4 heteroatoms. The van der Waals surface area contributed by atoms with E-state index in [0.717, 1.165) is 12.0 Å². The van der Waals surface area contributed by atoms with Crippen molar-refractivity contribution in [1.82, 2.24) is 0 Å². The van der Waals surface area contributed by atoms with Crippen LogP contribution in [0.1, 0.15) is 18.4 Å². The van der Waals surface area contributed by atoms with Gasteiger partial charge in [0.05, 0.1) is 6.42 Å². The van der Waals surface area contributed by atoms with Crippen LogP contribution in [0.25, 0.3) is 0 Å². The molecule has 0 aliphatic rings. The lowest BCUT2D eigenvalue weighted by molar-refractivity contribution is -0.137. The number of aliphatic carboxylic acids is 1. The highest BCUT2D eigenvalue weighted by atomic mass is 35.5. The standard InChI is InChI=1S/C11H14ClNO2/c12-9-3-1-2-8(6-9)4-5-10(13)7-11(14)15/h1-3,6,10H,4-5,7,13H2,(H,14,15). The van der Waals surface area contributed by atoms with Crippen molar-refractivity contribution >= 4 is 17.6 Å². The van der Waals surface area contributed by atoms with E-state index in [0.29, 0.717) is 11.4 Å². The molecule has 1 rings (SSSR count). The lowest BCUT2D eigenvalue weighted by Gasteiger charge is -2.08. The van der Waals surface area contributed by atoms with Gasteiger partial charge in [-0.1, -0.05) is 23.7 Å². The van der Waals surface area contributed by atoms with Gasteiger partial charge in [-0.2, -0.15) is 0 Å². The van der Waals surface area contributed by atoms with Gasteiger partial charge in [0, 0.05) is 11.1 Å². The van der Waals surface area contributed by atoms with Crippen LogP contribution in [0.4, 0.5) is 0 Å². The Balaban J connectivity index is 2.40. The van der Waals surface area contributed by atoms with E-state index in [4.69, 9.17) is 22.4 Å². The van der Waals surface area contributed by atoms with Crippen molar-refractivity contribution in [2.45, 2.75) is 25.3 Å². The first-order chi connectivity index (χ1) is 7.08. The molecule has 1 unspecified atom stereocenters. The number of benzene rings is 1. The summed E-state index contributed by atoms with van der Waals surface area (Å²) in [6.45, 7) is 0. The number of hydrogen-bond donors (Lipinski definition) is 2. The molecule has 0 aromatic heterocycles. The summed E-state index contributed by atoms with van der Waals surface area (Å²) in [5, 5.41) is 9.22. The third-order valence-corrected chi connectivity index (χ3v) is 2.36. The molecule has 3 N–H and O–H groups in total. The SMILES string of the molecule is NC(CCc1cccc(Cl)c1)CC(=O)O. The highest BCUT2D eigenvalue weighted by Crippen LogP contribution is 2.13. The van der Waals surface area contributed by atoms with Gasteiger partial charge in [0.15, 0.2) is 0 Å². The number of carbonyl (C=O) groups is 1. The van der Waals surface area contributed by atoms with Crippen LogP contribution in [0, 0.1) is 0 Å². The monoisotopic (exact) mass is 227 g/mol. The normalized spacial score (nSPS) is 12.4. The largest absolute Gasteiger partial charge is 0.481 e. The molecule has 1 aromatic carbocycles. The smallest absolute Gasteiger partial charge is 0.304 e. The van der Waals surface area contributed by atoms with Gasteiger partial charge in [0.1, 0.15) is 0 Å². The van der Waals surface area contributed by atoms with Crippen LogP contribution < -0.4 is 5.73 Å². The summed E-state index contributed by atoms with van der Waals surface area (Å²) < 4.78 is 0. The molecule has 0 fully saturated rings. The second-order valence-electron chi connectivity index (χ2n) is 3.53. The Kier molecular flexibility index (Phi) is 4.59. The molecule has 0 heterocycles. The van der Waals surface area contributed by atoms with Crippen LogP contribution in [-0.4, -0.2) is 17.1 Å². The maximum absolute atomic E-state index is 10.4. The Hall–Kier alpha value is -1.06. The number of rotatable bonds is 5. The molecule has 0 aliphatic heterocycles. The molecule has 15 heavy (non-hydrogen) atoms. The summed E-state index contributed by atoms with van der Waals surface area (Å²) in [7, 11) is 0. The van der Waals surface area contributed by atoms with Crippen LogP contribution in [0.15, 0.2) is 24.3 Å². The Morgan fingerprint density at radius 2 is 2.27 bits per heavy atom. The summed E-state index contributed by atoms with van der Waals surface area (Å²) in [6, 6.07) is 7.22. The minimum Gasteiger partial charge on any atom is -0.481 e. The topological polar surface area (TPSA) is 63.3 Å². The molecule has 82 valence electrons. The van der Waals surface area contributed by atoms with E-state index in [2.05, 4.69) is 0 Å². The van der Waals surface area contributed by atoms with E-state index >= 15 is 0 Å². The van der Waals surface area contributed by atoms with Crippen LogP contribution in [0.2, 0.25) is 5.02 Å². The van der Waals surface area contributed by atoms with Crippen molar-refractivity contribution in [3.05, 3.63) is 34.9 Å². The number of aryl methyl sites for hydroxylation is 1. The van der Waals surface area contributed by atoms with E-state index in [1.807, 2.05) is 24.3 Å². The van der Waals surface area contributed by atoms with Crippen LogP contribution >= 0.6 is 11.6 Å². The quantitative estimate of drug-likeness (QED) is 0.810. The van der Waals surface area contributed by atoms with Gasteiger partial charge in [0.25, 0.3) is 0 Å². The Bertz CT molecular complexity index is 341. The number of carboxylic acid groups (broad SMARTS) is 1. The number of carboxylic acids is 1. The molecule has 0 spiro atoms. The molecular formula is C11H14ClNO2. The molecule has 3 nitrogen and oxygen atoms in total. The zero-order valence-corrected chi connectivity index (χ0v) is 9.07. The van der Waals surface area contributed by atoms with Gasteiger partial charge in [0.2, 0.25) is 0 Å². The van der Waals surface area contributed by atoms with Gasteiger partial charge in [-0.15, -0.1) is 0 Å². The summed E-state index contributed by atoms with van der Waals surface area (Å²) in [6.07, 6.45) is 1.43. The van der Waals surface area contributed by atoms with E-state index in [1.54, 1.807) is 0 Å². The first-order valence-corrected chi connectivity index (χ1v) is 5.17. The second kappa shape index (κ2) is 5.73. The van der Waals surface area contributed by atoms with Crippen LogP contribution in [0.5, 0.6) is 0 Å². The number of nitrogens with two attached hydrogens (primary N) is 1. The molecule has 0 saturated heterocycles. The van der Waals surface area contributed by atoms with E-state index < -0.39 is 5.97 Å². The molecule has 0 amide bonds. The number of halogens is 1. The Labute approximate surface area is 93.9 Å². The lowest BCUT2D eigenvalue weighted by Crippen LogP contribution is -2.24. The molecule has 1 atom stereocenters. The van der Waals surface area contributed by atoms with Gasteiger partial charge >= 0.3 is 5.97 Å². The molecule has 0 bridgehead atoms. The molecule has 0 saturated carbocycles. The van der Waals surface area contributed by atoms with Gasteiger partial charge in [-0.25, -0.2) is 0 Å². The average Bonchev–Trinajstić information content (AvgIpc) is 2.14. The summed E-state index contributed by atoms with van der Waals surface area (Å²) in [4.78, 5) is 10.4.